The number of nitrogens with one attached hydrogen (secondary N) is 1. The summed E-state index contributed by atoms with van der Waals surface area (Å²) in [7, 11) is 0. The molecule has 0 aliphatic carbocycles. The third kappa shape index (κ3) is 4.25. The van der Waals surface area contributed by atoms with Crippen molar-refractivity contribution in [2.24, 2.45) is 5.92 Å². The molecule has 0 radical (unpaired) electrons. The molecule has 1 atom stereocenters. The Balaban J connectivity index is 1.42. The maximum atomic E-state index is 12.2. The maximum absolute atomic E-state index is 12.2. The van der Waals surface area contributed by atoms with Crippen LogP contribution >= 0.6 is 0 Å². The number of hydrogen-bond acceptors (Lipinski definition) is 3. The van der Waals surface area contributed by atoms with Gasteiger partial charge in [0.05, 0.1) is 18.7 Å². The van der Waals surface area contributed by atoms with Gasteiger partial charge in [-0.15, -0.1) is 0 Å². The van der Waals surface area contributed by atoms with Crippen LogP contribution in [0.25, 0.3) is 0 Å². The molecule has 1 saturated heterocycles. The lowest BCUT2D eigenvalue weighted by molar-refractivity contribution is -0.129. The second-order valence-corrected chi connectivity index (χ2v) is 6.13. The van der Waals surface area contributed by atoms with Crippen molar-refractivity contribution in [2.45, 2.75) is 25.8 Å². The zero-order chi connectivity index (χ0) is 16.8. The first-order valence-electron chi connectivity index (χ1n) is 8.34. The SMILES string of the molecule is O=C(NCc1ccco1)C1CC(=O)N(CCCc2ccccc2)C1. The van der Waals surface area contributed by atoms with E-state index in [1.54, 1.807) is 17.2 Å². The topological polar surface area (TPSA) is 62.6 Å². The lowest BCUT2D eigenvalue weighted by atomic mass is 10.1. The number of nitrogens with zero attached hydrogens (tertiary/aromatic N) is 1. The van der Waals surface area contributed by atoms with E-state index in [0.29, 0.717) is 31.8 Å². The number of amides is 2. The van der Waals surface area contributed by atoms with Crippen LogP contribution < -0.4 is 5.32 Å². The van der Waals surface area contributed by atoms with Gasteiger partial charge >= 0.3 is 0 Å². The number of rotatable bonds is 7. The van der Waals surface area contributed by atoms with E-state index in [4.69, 9.17) is 4.42 Å². The van der Waals surface area contributed by atoms with Gasteiger partial charge in [-0.3, -0.25) is 9.59 Å². The van der Waals surface area contributed by atoms with Crippen LogP contribution in [0.5, 0.6) is 0 Å². The zero-order valence-electron chi connectivity index (χ0n) is 13.6. The molecule has 5 nitrogen and oxygen atoms in total. The first-order chi connectivity index (χ1) is 11.7. The monoisotopic (exact) mass is 326 g/mol. The smallest absolute Gasteiger partial charge is 0.225 e. The van der Waals surface area contributed by atoms with Crippen molar-refractivity contribution in [2.75, 3.05) is 13.1 Å². The van der Waals surface area contributed by atoms with Gasteiger partial charge in [-0.25, -0.2) is 0 Å². The van der Waals surface area contributed by atoms with E-state index < -0.39 is 0 Å². The summed E-state index contributed by atoms with van der Waals surface area (Å²) >= 11 is 0. The number of carbonyl (C=O) groups is 2. The summed E-state index contributed by atoms with van der Waals surface area (Å²) in [4.78, 5) is 26.1. The molecule has 1 aliphatic heterocycles. The largest absolute Gasteiger partial charge is 0.467 e. The maximum Gasteiger partial charge on any atom is 0.225 e. The second kappa shape index (κ2) is 7.81. The standard InChI is InChI=1S/C19H22N2O3/c22-18-12-16(19(23)20-13-17-9-5-11-24-17)14-21(18)10-4-8-15-6-2-1-3-7-15/h1-3,5-7,9,11,16H,4,8,10,12-14H2,(H,20,23). The average Bonchev–Trinajstić information content (AvgIpc) is 3.24. The summed E-state index contributed by atoms with van der Waals surface area (Å²) in [5.41, 5.74) is 1.27. The number of carbonyl (C=O) groups excluding carboxylic acids is 2. The molecular formula is C19H22N2O3. The molecule has 0 spiro atoms. The molecule has 1 fully saturated rings. The van der Waals surface area contributed by atoms with Gasteiger partial charge in [-0.1, -0.05) is 30.3 Å². The number of hydrogen-bond donors (Lipinski definition) is 1. The lowest BCUT2D eigenvalue weighted by Gasteiger charge is -2.16. The zero-order valence-corrected chi connectivity index (χ0v) is 13.6. The highest BCUT2D eigenvalue weighted by atomic mass is 16.3. The van der Waals surface area contributed by atoms with E-state index in [0.717, 1.165) is 12.8 Å². The molecule has 2 heterocycles. The Morgan fingerprint density at radius 2 is 2.04 bits per heavy atom. The van der Waals surface area contributed by atoms with E-state index in [-0.39, 0.29) is 17.7 Å². The second-order valence-electron chi connectivity index (χ2n) is 6.13. The summed E-state index contributed by atoms with van der Waals surface area (Å²) < 4.78 is 5.19. The summed E-state index contributed by atoms with van der Waals surface area (Å²) in [6.07, 6.45) is 3.74. The minimum atomic E-state index is -0.260. The molecule has 2 amide bonds. The molecule has 3 rings (SSSR count). The summed E-state index contributed by atoms with van der Waals surface area (Å²) in [5, 5.41) is 2.84. The number of aryl methyl sites for hydroxylation is 1. The molecular weight excluding hydrogens is 304 g/mol. The first-order valence-corrected chi connectivity index (χ1v) is 8.34. The predicted molar refractivity (Wildman–Crippen MR) is 90.0 cm³/mol. The van der Waals surface area contributed by atoms with Crippen LogP contribution in [0, 0.1) is 5.92 Å². The molecule has 2 aromatic rings. The molecule has 0 saturated carbocycles. The van der Waals surface area contributed by atoms with E-state index in [1.807, 2.05) is 24.3 Å². The number of likely N-dealkylation sites (tertiary alicyclic amines) is 1. The van der Waals surface area contributed by atoms with E-state index in [2.05, 4.69) is 17.4 Å². The lowest BCUT2D eigenvalue weighted by Crippen LogP contribution is -2.33. The Morgan fingerprint density at radius 3 is 2.79 bits per heavy atom. The molecule has 1 aromatic heterocycles. The van der Waals surface area contributed by atoms with Gasteiger partial charge in [0, 0.05) is 19.5 Å². The molecule has 126 valence electrons. The molecule has 0 bridgehead atoms. The van der Waals surface area contributed by atoms with Crippen molar-refractivity contribution in [3.05, 3.63) is 60.1 Å². The third-order valence-corrected chi connectivity index (χ3v) is 4.34. The Kier molecular flexibility index (Phi) is 5.31. The van der Waals surface area contributed by atoms with Crippen molar-refractivity contribution < 1.29 is 14.0 Å². The fraction of sp³-hybridized carbons (Fsp3) is 0.368. The third-order valence-electron chi connectivity index (χ3n) is 4.34. The van der Waals surface area contributed by atoms with Gasteiger partial charge in [-0.05, 0) is 30.5 Å². The van der Waals surface area contributed by atoms with Gasteiger partial charge in [-0.2, -0.15) is 0 Å². The fourth-order valence-corrected chi connectivity index (χ4v) is 3.01. The molecule has 1 aliphatic rings. The summed E-state index contributed by atoms with van der Waals surface area (Å²) in [5.74, 6) is 0.447. The van der Waals surface area contributed by atoms with Gasteiger partial charge in [0.15, 0.2) is 0 Å². The molecule has 1 unspecified atom stereocenters. The number of benzene rings is 1. The molecule has 1 aromatic carbocycles. The first kappa shape index (κ1) is 16.3. The van der Waals surface area contributed by atoms with Crippen molar-refractivity contribution in [1.82, 2.24) is 10.2 Å². The van der Waals surface area contributed by atoms with Crippen LogP contribution in [0.1, 0.15) is 24.2 Å². The Labute approximate surface area is 141 Å². The van der Waals surface area contributed by atoms with E-state index >= 15 is 0 Å². The summed E-state index contributed by atoms with van der Waals surface area (Å²) in [6.45, 7) is 1.58. The van der Waals surface area contributed by atoms with Crippen LogP contribution in [0.3, 0.4) is 0 Å². The average molecular weight is 326 g/mol. The normalized spacial score (nSPS) is 17.2. The van der Waals surface area contributed by atoms with Crippen LogP contribution in [0.4, 0.5) is 0 Å². The highest BCUT2D eigenvalue weighted by molar-refractivity contribution is 5.89. The molecule has 1 N–H and O–H groups in total. The Morgan fingerprint density at radius 1 is 1.21 bits per heavy atom. The number of furan rings is 1. The Hall–Kier alpha value is -2.56. The minimum Gasteiger partial charge on any atom is -0.467 e. The summed E-state index contributed by atoms with van der Waals surface area (Å²) in [6, 6.07) is 13.8. The van der Waals surface area contributed by atoms with Crippen LogP contribution in [0.15, 0.2) is 53.1 Å². The molecule has 24 heavy (non-hydrogen) atoms. The van der Waals surface area contributed by atoms with Crippen molar-refractivity contribution in [1.29, 1.82) is 0 Å². The van der Waals surface area contributed by atoms with E-state index in [1.165, 1.54) is 5.56 Å². The highest BCUT2D eigenvalue weighted by Crippen LogP contribution is 2.19. The van der Waals surface area contributed by atoms with Gasteiger partial charge < -0.3 is 14.6 Å². The van der Waals surface area contributed by atoms with Gasteiger partial charge in [0.2, 0.25) is 11.8 Å². The van der Waals surface area contributed by atoms with Crippen molar-refractivity contribution in [3.63, 3.8) is 0 Å². The van der Waals surface area contributed by atoms with Crippen LogP contribution in [-0.4, -0.2) is 29.8 Å². The molecule has 5 heteroatoms. The van der Waals surface area contributed by atoms with Gasteiger partial charge in [0.25, 0.3) is 0 Å². The minimum absolute atomic E-state index is 0.0706. The highest BCUT2D eigenvalue weighted by Gasteiger charge is 2.33. The van der Waals surface area contributed by atoms with Crippen LogP contribution in [-0.2, 0) is 22.6 Å². The van der Waals surface area contributed by atoms with Crippen molar-refractivity contribution in [3.8, 4) is 0 Å². The fourth-order valence-electron chi connectivity index (χ4n) is 3.01. The van der Waals surface area contributed by atoms with E-state index in [9.17, 15) is 9.59 Å². The van der Waals surface area contributed by atoms with Crippen molar-refractivity contribution >= 4 is 11.8 Å². The quantitative estimate of drug-likeness (QED) is 0.850. The predicted octanol–water partition coefficient (Wildman–Crippen LogP) is 2.38. The van der Waals surface area contributed by atoms with Crippen LogP contribution in [0.2, 0.25) is 0 Å². The Bertz CT molecular complexity index is 667. The van der Waals surface area contributed by atoms with Gasteiger partial charge in [0.1, 0.15) is 5.76 Å².